The summed E-state index contributed by atoms with van der Waals surface area (Å²) in [5.41, 5.74) is 4.34. The average molecular weight is 489 g/mol. The summed E-state index contributed by atoms with van der Waals surface area (Å²) in [6.45, 7) is 5.04. The molecule has 3 aromatic heterocycles. The molecule has 0 atom stereocenters. The summed E-state index contributed by atoms with van der Waals surface area (Å²) in [6.07, 6.45) is 3.67. The topological polar surface area (TPSA) is 77.6 Å². The summed E-state index contributed by atoms with van der Waals surface area (Å²) in [6, 6.07) is 15.3. The van der Waals surface area contributed by atoms with Crippen molar-refractivity contribution in [3.05, 3.63) is 94.7 Å². The van der Waals surface area contributed by atoms with Crippen LogP contribution in [0.15, 0.2) is 67.0 Å². The maximum absolute atomic E-state index is 13.3. The molecule has 0 aliphatic rings. The minimum Gasteiger partial charge on any atom is -0.305 e. The van der Waals surface area contributed by atoms with E-state index in [1.165, 1.54) is 12.1 Å². The molecule has 2 aromatic carbocycles. The number of fused-ring (bicyclic) bond motifs is 1. The van der Waals surface area contributed by atoms with Crippen LogP contribution in [0.5, 0.6) is 0 Å². The van der Waals surface area contributed by atoms with Gasteiger partial charge in [-0.05, 0) is 43.7 Å². The molecule has 3 heterocycles. The number of nitrogens with one attached hydrogen (secondary N) is 1. The summed E-state index contributed by atoms with van der Waals surface area (Å²) in [5, 5.41) is 12.9. The molecule has 0 saturated heterocycles. The number of rotatable bonds is 6. The molecule has 0 fully saturated rings. The molecule has 0 radical (unpaired) electrons. The molecule has 0 aliphatic heterocycles. The number of pyridine rings is 1. The number of carbonyl (C=O) groups is 1. The van der Waals surface area contributed by atoms with Crippen molar-refractivity contribution >= 4 is 34.2 Å². The number of amides is 1. The Balaban J connectivity index is 1.44. The van der Waals surface area contributed by atoms with Crippen molar-refractivity contribution in [2.45, 2.75) is 26.9 Å². The van der Waals surface area contributed by atoms with E-state index in [1.54, 1.807) is 29.1 Å². The Morgan fingerprint density at radius 1 is 1.09 bits per heavy atom. The van der Waals surface area contributed by atoms with Gasteiger partial charge in [-0.3, -0.25) is 14.2 Å². The Bertz CT molecular complexity index is 1560. The summed E-state index contributed by atoms with van der Waals surface area (Å²) >= 11 is 6.13. The van der Waals surface area contributed by atoms with Gasteiger partial charge >= 0.3 is 0 Å². The third kappa shape index (κ3) is 4.65. The fourth-order valence-electron chi connectivity index (χ4n) is 3.96. The number of nitrogens with zero attached hydrogens (tertiary/aromatic N) is 5. The zero-order valence-electron chi connectivity index (χ0n) is 19.2. The number of hydrogen-bond donors (Lipinski definition) is 1. The minimum absolute atomic E-state index is 0.296. The van der Waals surface area contributed by atoms with Gasteiger partial charge in [0, 0.05) is 41.0 Å². The molecule has 0 saturated carbocycles. The molecular weight excluding hydrogens is 467 g/mol. The van der Waals surface area contributed by atoms with Crippen LogP contribution in [0.25, 0.3) is 22.2 Å². The van der Waals surface area contributed by atoms with Crippen LogP contribution in [0.1, 0.15) is 28.5 Å². The average Bonchev–Trinajstić information content (AvgIpc) is 3.45. The van der Waals surface area contributed by atoms with E-state index in [0.29, 0.717) is 28.6 Å². The Hall–Kier alpha value is -4.04. The van der Waals surface area contributed by atoms with Crippen LogP contribution in [0, 0.1) is 12.7 Å². The molecule has 9 heteroatoms. The van der Waals surface area contributed by atoms with Gasteiger partial charge in [0.05, 0.1) is 29.0 Å². The molecule has 1 amide bonds. The lowest BCUT2D eigenvalue weighted by Gasteiger charge is -2.09. The summed E-state index contributed by atoms with van der Waals surface area (Å²) in [5.74, 6) is -0.297. The van der Waals surface area contributed by atoms with E-state index in [1.807, 2.05) is 49.0 Å². The summed E-state index contributed by atoms with van der Waals surface area (Å²) < 4.78 is 16.8. The van der Waals surface area contributed by atoms with Crippen molar-refractivity contribution in [2.75, 3.05) is 5.32 Å². The third-order valence-corrected chi connectivity index (χ3v) is 6.09. The molecular formula is C26H22ClFN6O. The van der Waals surface area contributed by atoms with Crippen LogP contribution >= 0.6 is 11.6 Å². The van der Waals surface area contributed by atoms with E-state index in [4.69, 9.17) is 16.6 Å². The first-order valence-electron chi connectivity index (χ1n) is 11.1. The zero-order valence-corrected chi connectivity index (χ0v) is 19.9. The van der Waals surface area contributed by atoms with Crippen molar-refractivity contribution in [3.63, 3.8) is 0 Å². The van der Waals surface area contributed by atoms with Gasteiger partial charge in [0.25, 0.3) is 5.91 Å². The lowest BCUT2D eigenvalue weighted by atomic mass is 10.0. The van der Waals surface area contributed by atoms with Crippen LogP contribution < -0.4 is 5.32 Å². The number of carbonyl (C=O) groups excluding carboxylic acids is 1. The van der Waals surface area contributed by atoms with Crippen molar-refractivity contribution in [3.8, 4) is 11.3 Å². The predicted octanol–water partition coefficient (Wildman–Crippen LogP) is 5.72. The van der Waals surface area contributed by atoms with Crippen LogP contribution in [-0.2, 0) is 13.1 Å². The van der Waals surface area contributed by atoms with E-state index in [0.717, 1.165) is 34.3 Å². The second-order valence-electron chi connectivity index (χ2n) is 8.14. The fourth-order valence-corrected chi connectivity index (χ4v) is 4.18. The van der Waals surface area contributed by atoms with Crippen molar-refractivity contribution in [1.82, 2.24) is 24.5 Å². The molecule has 0 bridgehead atoms. The number of anilines is 1. The van der Waals surface area contributed by atoms with Crippen LogP contribution in [0.3, 0.4) is 0 Å². The Labute approximate surface area is 206 Å². The number of aromatic nitrogens is 5. The number of para-hydroxylation sites is 1. The highest BCUT2D eigenvalue weighted by Gasteiger charge is 2.17. The van der Waals surface area contributed by atoms with Crippen LogP contribution in [0.2, 0.25) is 5.02 Å². The maximum atomic E-state index is 13.3. The molecule has 7 nitrogen and oxygen atoms in total. The van der Waals surface area contributed by atoms with Gasteiger partial charge in [-0.2, -0.15) is 10.2 Å². The number of hydrogen-bond acceptors (Lipinski definition) is 4. The molecule has 0 spiro atoms. The molecule has 1 N–H and O–H groups in total. The first-order chi connectivity index (χ1) is 16.9. The van der Waals surface area contributed by atoms with Crippen LogP contribution in [0.4, 0.5) is 10.2 Å². The normalized spacial score (nSPS) is 11.2. The lowest BCUT2D eigenvalue weighted by Crippen LogP contribution is -2.14. The molecule has 5 rings (SSSR count). The largest absolute Gasteiger partial charge is 0.305 e. The van der Waals surface area contributed by atoms with Gasteiger partial charge in [0.2, 0.25) is 0 Å². The highest BCUT2D eigenvalue weighted by Crippen LogP contribution is 2.27. The summed E-state index contributed by atoms with van der Waals surface area (Å²) in [4.78, 5) is 18.1. The van der Waals surface area contributed by atoms with Crippen molar-refractivity contribution in [1.29, 1.82) is 0 Å². The first kappa shape index (κ1) is 22.7. The summed E-state index contributed by atoms with van der Waals surface area (Å²) in [7, 11) is 0. The smallest absolute Gasteiger partial charge is 0.257 e. The van der Waals surface area contributed by atoms with Gasteiger partial charge in [-0.1, -0.05) is 35.9 Å². The zero-order chi connectivity index (χ0) is 24.5. The van der Waals surface area contributed by atoms with Gasteiger partial charge in [0.1, 0.15) is 5.82 Å². The van der Waals surface area contributed by atoms with Gasteiger partial charge < -0.3 is 5.32 Å². The van der Waals surface area contributed by atoms with Gasteiger partial charge in [0.15, 0.2) is 5.82 Å². The van der Waals surface area contributed by atoms with Crippen molar-refractivity contribution < 1.29 is 9.18 Å². The number of benzene rings is 2. The molecule has 176 valence electrons. The van der Waals surface area contributed by atoms with Crippen molar-refractivity contribution in [2.24, 2.45) is 0 Å². The maximum Gasteiger partial charge on any atom is 0.257 e. The molecule has 35 heavy (non-hydrogen) atoms. The lowest BCUT2D eigenvalue weighted by molar-refractivity contribution is 0.102. The quantitative estimate of drug-likeness (QED) is 0.332. The Morgan fingerprint density at radius 3 is 2.69 bits per heavy atom. The third-order valence-electron chi connectivity index (χ3n) is 5.74. The first-order valence-corrected chi connectivity index (χ1v) is 11.5. The highest BCUT2D eigenvalue weighted by molar-refractivity contribution is 6.31. The van der Waals surface area contributed by atoms with E-state index in [-0.39, 0.29) is 5.91 Å². The van der Waals surface area contributed by atoms with Gasteiger partial charge in [-0.25, -0.2) is 9.37 Å². The second-order valence-corrected chi connectivity index (χ2v) is 8.55. The van der Waals surface area contributed by atoms with Gasteiger partial charge in [-0.15, -0.1) is 0 Å². The van der Waals surface area contributed by atoms with E-state index in [2.05, 4.69) is 15.5 Å². The number of halogens is 2. The Kier molecular flexibility index (Phi) is 6.05. The predicted molar refractivity (Wildman–Crippen MR) is 134 cm³/mol. The highest BCUT2D eigenvalue weighted by atomic mass is 35.5. The number of aryl methyl sites for hydroxylation is 2. The van der Waals surface area contributed by atoms with E-state index < -0.39 is 5.82 Å². The van der Waals surface area contributed by atoms with E-state index in [9.17, 15) is 9.18 Å². The van der Waals surface area contributed by atoms with E-state index >= 15 is 0 Å². The monoisotopic (exact) mass is 488 g/mol. The molecule has 5 aromatic rings. The molecule has 0 aliphatic carbocycles. The minimum atomic E-state index is -0.395. The Morgan fingerprint density at radius 2 is 1.91 bits per heavy atom. The van der Waals surface area contributed by atoms with Crippen LogP contribution in [-0.4, -0.2) is 30.5 Å². The second kappa shape index (κ2) is 9.31. The fraction of sp³-hybridized carbons (Fsp3) is 0.154. The standard InChI is InChI=1S/C26H22ClFN6O/c1-3-33-15-21(16(2)31-33)24-13-20(19-6-4-5-7-23(19)29-24)26(35)30-25-10-11-34(32-25)14-17-8-9-18(28)12-22(17)27/h4-13,15H,3,14H2,1-2H3,(H,30,32,35). The molecule has 0 unspecified atom stereocenters. The SMILES string of the molecule is CCn1cc(-c2cc(C(=O)Nc3ccn(Cc4ccc(F)cc4Cl)n3)c3ccccc3n2)c(C)n1.